The number of esters is 1. The van der Waals surface area contributed by atoms with Gasteiger partial charge in [0.1, 0.15) is 18.5 Å². The van der Waals surface area contributed by atoms with Crippen LogP contribution in [-0.2, 0) is 30.4 Å². The largest absolute Gasteiger partial charge is 0.496 e. The van der Waals surface area contributed by atoms with Crippen LogP contribution in [0.5, 0.6) is 5.75 Å². The second kappa shape index (κ2) is 10.7. The third-order valence-electron chi connectivity index (χ3n) is 6.32. The van der Waals surface area contributed by atoms with E-state index in [-0.39, 0.29) is 36.5 Å². The highest BCUT2D eigenvalue weighted by Gasteiger charge is 2.42. The summed E-state index contributed by atoms with van der Waals surface area (Å²) in [5, 5.41) is 0. The van der Waals surface area contributed by atoms with Crippen molar-refractivity contribution in [3.05, 3.63) is 72.0 Å². The Hall–Kier alpha value is -3.12. The monoisotopic (exact) mass is 450 g/mol. The fraction of sp³-hybridized carbons (Fsp3) is 0.407. The normalized spacial score (nSPS) is 23.0. The van der Waals surface area contributed by atoms with Crippen LogP contribution in [-0.4, -0.2) is 37.2 Å². The summed E-state index contributed by atoms with van der Waals surface area (Å²) in [5.74, 6) is 0.141. The molecule has 33 heavy (non-hydrogen) atoms. The summed E-state index contributed by atoms with van der Waals surface area (Å²) in [6.45, 7) is 2.13. The van der Waals surface area contributed by atoms with Crippen molar-refractivity contribution in [2.24, 2.45) is 5.92 Å². The first-order valence-electron chi connectivity index (χ1n) is 11.5. The zero-order valence-corrected chi connectivity index (χ0v) is 19.1. The molecule has 0 amide bonds. The number of rotatable bonds is 8. The van der Waals surface area contributed by atoms with Gasteiger partial charge in [0, 0.05) is 12.0 Å². The molecule has 6 nitrogen and oxygen atoms in total. The average molecular weight is 451 g/mol. The van der Waals surface area contributed by atoms with Gasteiger partial charge in [-0.05, 0) is 30.9 Å². The number of methoxy groups -OCH3 is 1. The number of benzene rings is 2. The maximum absolute atomic E-state index is 13.2. The molecular weight excluding hydrogens is 420 g/mol. The Bertz CT molecular complexity index is 999. The van der Waals surface area contributed by atoms with E-state index in [4.69, 9.17) is 18.9 Å². The Morgan fingerprint density at radius 1 is 1.09 bits per heavy atom. The summed E-state index contributed by atoms with van der Waals surface area (Å²) >= 11 is 0. The highest BCUT2D eigenvalue weighted by Crippen LogP contribution is 2.39. The predicted molar refractivity (Wildman–Crippen MR) is 123 cm³/mol. The molecule has 1 saturated carbocycles. The van der Waals surface area contributed by atoms with Crippen LogP contribution in [0.1, 0.15) is 43.7 Å². The molecule has 1 aliphatic carbocycles. The molecule has 0 saturated heterocycles. The lowest BCUT2D eigenvalue weighted by atomic mass is 9.77. The minimum absolute atomic E-state index is 0.0727. The van der Waals surface area contributed by atoms with E-state index in [0.29, 0.717) is 37.0 Å². The number of hydrogen-bond acceptors (Lipinski definition) is 6. The molecule has 1 fully saturated rings. The van der Waals surface area contributed by atoms with Crippen LogP contribution in [0.3, 0.4) is 0 Å². The van der Waals surface area contributed by atoms with Gasteiger partial charge in [0.15, 0.2) is 11.9 Å². The van der Waals surface area contributed by atoms with Gasteiger partial charge in [-0.3, -0.25) is 4.79 Å². The fourth-order valence-corrected chi connectivity index (χ4v) is 4.52. The molecule has 174 valence electrons. The van der Waals surface area contributed by atoms with Crippen LogP contribution in [0.4, 0.5) is 0 Å². The first-order chi connectivity index (χ1) is 16.1. The van der Waals surface area contributed by atoms with Crippen LogP contribution in [0.25, 0.3) is 5.57 Å². The second-order valence-electron chi connectivity index (χ2n) is 8.44. The summed E-state index contributed by atoms with van der Waals surface area (Å²) in [6, 6.07) is 17.0. The van der Waals surface area contributed by atoms with E-state index in [1.165, 1.54) is 0 Å². The Kier molecular flexibility index (Phi) is 7.45. The summed E-state index contributed by atoms with van der Waals surface area (Å²) in [6.07, 6.45) is 2.93. The van der Waals surface area contributed by atoms with Gasteiger partial charge in [-0.15, -0.1) is 0 Å². The van der Waals surface area contributed by atoms with E-state index in [0.717, 1.165) is 11.1 Å². The Labute approximate surface area is 194 Å². The second-order valence-corrected chi connectivity index (χ2v) is 8.44. The minimum atomic E-state index is -0.630. The van der Waals surface area contributed by atoms with E-state index < -0.39 is 6.10 Å². The molecule has 0 radical (unpaired) electrons. The van der Waals surface area contributed by atoms with Crippen molar-refractivity contribution in [3.8, 4) is 5.75 Å². The molecule has 4 atom stereocenters. The highest BCUT2D eigenvalue weighted by molar-refractivity contribution is 6.22. The summed E-state index contributed by atoms with van der Waals surface area (Å²) in [5.41, 5.74) is 2.23. The zero-order chi connectivity index (χ0) is 23.2. The van der Waals surface area contributed by atoms with Crippen LogP contribution in [0.15, 0.2) is 60.9 Å². The predicted octanol–water partition coefficient (Wildman–Crippen LogP) is 4.71. The SMILES string of the molecule is CCC(OC1CCC2C(=O)C(c3ccccc3OC)=COC2C1)C(=O)OCc1ccccc1. The van der Waals surface area contributed by atoms with Crippen molar-refractivity contribution in [1.29, 1.82) is 0 Å². The van der Waals surface area contributed by atoms with Crippen molar-refractivity contribution in [2.75, 3.05) is 7.11 Å². The Morgan fingerprint density at radius 2 is 1.85 bits per heavy atom. The third kappa shape index (κ3) is 5.28. The van der Waals surface area contributed by atoms with Crippen molar-refractivity contribution in [2.45, 2.75) is 57.5 Å². The molecule has 1 heterocycles. The number of para-hydroxylation sites is 1. The van der Waals surface area contributed by atoms with Crippen molar-refractivity contribution < 1.29 is 28.5 Å². The van der Waals surface area contributed by atoms with E-state index in [9.17, 15) is 9.59 Å². The molecule has 2 aliphatic rings. The molecule has 6 heteroatoms. The topological polar surface area (TPSA) is 71.1 Å². The third-order valence-corrected chi connectivity index (χ3v) is 6.32. The van der Waals surface area contributed by atoms with Crippen molar-refractivity contribution >= 4 is 17.3 Å². The van der Waals surface area contributed by atoms with Crippen molar-refractivity contribution in [1.82, 2.24) is 0 Å². The van der Waals surface area contributed by atoms with Gasteiger partial charge >= 0.3 is 5.97 Å². The average Bonchev–Trinajstić information content (AvgIpc) is 2.86. The van der Waals surface area contributed by atoms with Gasteiger partial charge in [-0.2, -0.15) is 0 Å². The van der Waals surface area contributed by atoms with Crippen LogP contribution in [0.2, 0.25) is 0 Å². The molecule has 0 spiro atoms. The van der Waals surface area contributed by atoms with Crippen molar-refractivity contribution in [3.63, 3.8) is 0 Å². The lowest BCUT2D eigenvalue weighted by molar-refractivity contribution is -0.167. The zero-order valence-electron chi connectivity index (χ0n) is 19.1. The highest BCUT2D eigenvalue weighted by atomic mass is 16.6. The number of hydrogen-bond donors (Lipinski definition) is 0. The number of carbonyl (C=O) groups excluding carboxylic acids is 2. The quantitative estimate of drug-likeness (QED) is 0.543. The molecule has 2 aromatic rings. The number of allylic oxidation sites excluding steroid dienone is 1. The summed E-state index contributed by atoms with van der Waals surface area (Å²) in [7, 11) is 1.59. The molecule has 4 rings (SSSR count). The van der Waals surface area contributed by atoms with Crippen LogP contribution in [0, 0.1) is 5.92 Å². The first kappa shape index (κ1) is 23.1. The molecule has 4 unspecified atom stereocenters. The molecule has 0 aromatic heterocycles. The first-order valence-corrected chi connectivity index (χ1v) is 11.5. The van der Waals surface area contributed by atoms with Gasteiger partial charge in [0.05, 0.1) is 31.0 Å². The lowest BCUT2D eigenvalue weighted by Crippen LogP contribution is -2.43. The Morgan fingerprint density at radius 3 is 2.61 bits per heavy atom. The van der Waals surface area contributed by atoms with Gasteiger partial charge in [-0.1, -0.05) is 55.5 Å². The van der Waals surface area contributed by atoms with Gasteiger partial charge < -0.3 is 18.9 Å². The van der Waals surface area contributed by atoms with E-state index >= 15 is 0 Å². The molecule has 2 aromatic carbocycles. The standard InChI is InChI=1S/C27H30O6/c1-3-23(27(29)32-16-18-9-5-4-6-10-18)33-19-13-14-21-25(15-19)31-17-22(26(21)28)20-11-7-8-12-24(20)30-2/h4-12,17,19,21,23,25H,3,13-16H2,1-2H3. The summed E-state index contributed by atoms with van der Waals surface area (Å²) < 4.78 is 23.0. The smallest absolute Gasteiger partial charge is 0.335 e. The fourth-order valence-electron chi connectivity index (χ4n) is 4.52. The summed E-state index contributed by atoms with van der Waals surface area (Å²) in [4.78, 5) is 25.8. The minimum Gasteiger partial charge on any atom is -0.496 e. The number of fused-ring (bicyclic) bond motifs is 1. The Balaban J connectivity index is 1.36. The molecule has 1 aliphatic heterocycles. The van der Waals surface area contributed by atoms with Crippen LogP contribution < -0.4 is 4.74 Å². The molecule has 0 N–H and O–H groups in total. The number of Topliss-reactive ketones (excluding diaryl/α,β-unsaturated/α-hetero) is 1. The van der Waals surface area contributed by atoms with E-state index in [1.54, 1.807) is 13.4 Å². The van der Waals surface area contributed by atoms with Gasteiger partial charge in [0.25, 0.3) is 0 Å². The number of ether oxygens (including phenoxy) is 4. The lowest BCUT2D eigenvalue weighted by Gasteiger charge is -2.38. The van der Waals surface area contributed by atoms with Gasteiger partial charge in [0.2, 0.25) is 0 Å². The number of ketones is 1. The van der Waals surface area contributed by atoms with Gasteiger partial charge in [-0.25, -0.2) is 4.79 Å². The molecular formula is C27H30O6. The number of carbonyl (C=O) groups is 2. The van der Waals surface area contributed by atoms with E-state index in [2.05, 4.69) is 0 Å². The van der Waals surface area contributed by atoms with Crippen LogP contribution >= 0.6 is 0 Å². The van der Waals surface area contributed by atoms with E-state index in [1.807, 2.05) is 61.5 Å². The maximum Gasteiger partial charge on any atom is 0.335 e. The maximum atomic E-state index is 13.2. The molecule has 0 bridgehead atoms.